The number of nitrogens with one attached hydrogen (secondary N) is 2. The largest absolute Gasteiger partial charge is 0.413 e. The minimum atomic E-state index is -0.438. The van der Waals surface area contributed by atoms with Crippen LogP contribution in [-0.2, 0) is 0 Å². The number of rotatable bonds is 5. The summed E-state index contributed by atoms with van der Waals surface area (Å²) < 4.78 is 5.29. The summed E-state index contributed by atoms with van der Waals surface area (Å²) in [6.45, 7) is 6.86. The maximum Gasteiger partial charge on any atom is 0.413 e. The summed E-state index contributed by atoms with van der Waals surface area (Å²) in [5.74, 6) is 1.41. The van der Waals surface area contributed by atoms with E-state index < -0.39 is 6.09 Å². The van der Waals surface area contributed by atoms with Gasteiger partial charge in [0.1, 0.15) is 11.5 Å². The van der Waals surface area contributed by atoms with Crippen LogP contribution < -0.4 is 15.0 Å². The smallest absolute Gasteiger partial charge is 0.393 e. The van der Waals surface area contributed by atoms with Gasteiger partial charge in [0.15, 0.2) is 0 Å². The average molecular weight is 371 g/mol. The van der Waals surface area contributed by atoms with Crippen LogP contribution in [0.1, 0.15) is 39.0 Å². The van der Waals surface area contributed by atoms with Crippen LogP contribution in [0.4, 0.5) is 10.6 Å². The number of amides is 1. The van der Waals surface area contributed by atoms with E-state index >= 15 is 0 Å². The first-order valence-electron chi connectivity index (χ1n) is 10.2. The van der Waals surface area contributed by atoms with E-state index in [1.54, 1.807) is 0 Å². The van der Waals surface area contributed by atoms with Gasteiger partial charge in [-0.3, -0.25) is 4.90 Å². The van der Waals surface area contributed by atoms with Crippen LogP contribution in [0.3, 0.4) is 0 Å². The summed E-state index contributed by atoms with van der Waals surface area (Å²) in [5, 5.41) is 3.65. The summed E-state index contributed by atoms with van der Waals surface area (Å²) >= 11 is 0. The van der Waals surface area contributed by atoms with E-state index in [2.05, 4.69) is 26.2 Å². The highest BCUT2D eigenvalue weighted by molar-refractivity contribution is 5.81. The minimum Gasteiger partial charge on any atom is -0.393 e. The van der Waals surface area contributed by atoms with E-state index in [9.17, 15) is 4.79 Å². The van der Waals surface area contributed by atoms with E-state index in [1.807, 2.05) is 19.1 Å². The molecule has 4 rings (SSSR count). The molecule has 1 aliphatic carbocycles. The Hall–Kier alpha value is -2.28. The van der Waals surface area contributed by atoms with Crippen molar-refractivity contribution in [3.05, 3.63) is 18.2 Å². The highest BCUT2D eigenvalue weighted by Crippen LogP contribution is 2.26. The van der Waals surface area contributed by atoms with Crippen molar-refractivity contribution in [2.75, 3.05) is 37.6 Å². The van der Waals surface area contributed by atoms with Gasteiger partial charge in [-0.2, -0.15) is 0 Å². The van der Waals surface area contributed by atoms with E-state index in [-0.39, 0.29) is 0 Å². The first kappa shape index (κ1) is 18.1. The van der Waals surface area contributed by atoms with Gasteiger partial charge in [0.05, 0.1) is 0 Å². The number of hydrogen-bond donors (Lipinski definition) is 2. The number of piperazine rings is 1. The zero-order valence-electron chi connectivity index (χ0n) is 16.0. The Labute approximate surface area is 160 Å². The van der Waals surface area contributed by atoms with Gasteiger partial charge in [-0.15, -0.1) is 0 Å². The Morgan fingerprint density at radius 2 is 2.04 bits per heavy atom. The molecule has 1 amide bonds. The van der Waals surface area contributed by atoms with Gasteiger partial charge >= 0.3 is 6.09 Å². The Morgan fingerprint density at radius 1 is 1.26 bits per heavy atom. The molecule has 3 heterocycles. The van der Waals surface area contributed by atoms with E-state index in [0.29, 0.717) is 12.4 Å². The fourth-order valence-electron chi connectivity index (χ4n) is 4.15. The third-order valence-electron chi connectivity index (χ3n) is 5.64. The number of H-pyrrole nitrogens is 1. The van der Waals surface area contributed by atoms with Crippen molar-refractivity contribution in [1.82, 2.24) is 20.2 Å². The quantitative estimate of drug-likeness (QED) is 0.845. The van der Waals surface area contributed by atoms with Gasteiger partial charge in [-0.1, -0.05) is 19.8 Å². The van der Waals surface area contributed by atoms with Crippen LogP contribution in [0.5, 0.6) is 5.88 Å². The van der Waals surface area contributed by atoms with Crippen molar-refractivity contribution in [1.29, 1.82) is 0 Å². The molecule has 7 nitrogen and oxygen atoms in total. The Kier molecular flexibility index (Phi) is 5.48. The maximum atomic E-state index is 11.7. The molecule has 0 bridgehead atoms. The number of carbonyl (C=O) groups excluding carboxylic acids is 1. The molecule has 2 aromatic rings. The second kappa shape index (κ2) is 8.17. The van der Waals surface area contributed by atoms with Gasteiger partial charge in [0.25, 0.3) is 0 Å². The molecule has 1 aliphatic heterocycles. The highest BCUT2D eigenvalue weighted by Gasteiger charge is 2.26. The molecule has 2 fully saturated rings. The van der Waals surface area contributed by atoms with Crippen molar-refractivity contribution >= 4 is 22.9 Å². The SMILES string of the molecule is CCCNC(=O)Oc1cc2ccc(N3CCN(C4CCCC4)CC3)nc2[nH]1. The summed E-state index contributed by atoms with van der Waals surface area (Å²) in [4.78, 5) is 24.6. The summed E-state index contributed by atoms with van der Waals surface area (Å²) in [5.41, 5.74) is 0.754. The minimum absolute atomic E-state index is 0.425. The Bertz CT molecular complexity index is 776. The lowest BCUT2D eigenvalue weighted by molar-refractivity contribution is 0.187. The van der Waals surface area contributed by atoms with Crippen LogP contribution in [0.2, 0.25) is 0 Å². The molecule has 0 radical (unpaired) electrons. The molecule has 27 heavy (non-hydrogen) atoms. The molecule has 1 saturated carbocycles. The van der Waals surface area contributed by atoms with Gasteiger partial charge in [0, 0.05) is 50.2 Å². The van der Waals surface area contributed by atoms with Crippen LogP contribution in [-0.4, -0.2) is 59.7 Å². The topological polar surface area (TPSA) is 73.5 Å². The zero-order chi connectivity index (χ0) is 18.6. The van der Waals surface area contributed by atoms with Crippen molar-refractivity contribution in [3.63, 3.8) is 0 Å². The maximum absolute atomic E-state index is 11.7. The molecule has 2 aliphatic rings. The summed E-state index contributed by atoms with van der Waals surface area (Å²) in [6.07, 6.45) is 5.93. The lowest BCUT2D eigenvalue weighted by atomic mass is 10.2. The molecule has 146 valence electrons. The molecular weight excluding hydrogens is 342 g/mol. The molecule has 0 spiro atoms. The second-order valence-electron chi connectivity index (χ2n) is 7.52. The van der Waals surface area contributed by atoms with Crippen LogP contribution in [0.15, 0.2) is 18.2 Å². The van der Waals surface area contributed by atoms with Gasteiger partial charge in [-0.25, -0.2) is 9.78 Å². The number of anilines is 1. The van der Waals surface area contributed by atoms with Gasteiger partial charge in [-0.05, 0) is 31.4 Å². The third kappa shape index (κ3) is 4.18. The number of ether oxygens (including phenoxy) is 1. The lowest BCUT2D eigenvalue weighted by Gasteiger charge is -2.38. The van der Waals surface area contributed by atoms with E-state index in [0.717, 1.165) is 55.5 Å². The molecule has 2 aromatic heterocycles. The van der Waals surface area contributed by atoms with Crippen LogP contribution >= 0.6 is 0 Å². The molecule has 0 atom stereocenters. The van der Waals surface area contributed by atoms with Crippen molar-refractivity contribution < 1.29 is 9.53 Å². The number of aromatic amines is 1. The molecule has 1 saturated heterocycles. The molecule has 2 N–H and O–H groups in total. The van der Waals surface area contributed by atoms with Crippen LogP contribution in [0, 0.1) is 0 Å². The first-order chi connectivity index (χ1) is 13.2. The van der Waals surface area contributed by atoms with Gasteiger partial charge < -0.3 is 19.9 Å². The van der Waals surface area contributed by atoms with Crippen molar-refractivity contribution in [2.24, 2.45) is 0 Å². The molecular formula is C20H29N5O2. The van der Waals surface area contributed by atoms with E-state index in [4.69, 9.17) is 9.72 Å². The zero-order valence-corrected chi connectivity index (χ0v) is 16.0. The van der Waals surface area contributed by atoms with Gasteiger partial charge in [0.2, 0.25) is 5.88 Å². The highest BCUT2D eigenvalue weighted by atomic mass is 16.6. The number of pyridine rings is 1. The van der Waals surface area contributed by atoms with Crippen molar-refractivity contribution in [3.8, 4) is 5.88 Å². The number of fused-ring (bicyclic) bond motifs is 1. The summed E-state index contributed by atoms with van der Waals surface area (Å²) in [6, 6.07) is 6.70. The average Bonchev–Trinajstić information content (AvgIpc) is 3.35. The predicted octanol–water partition coefficient (Wildman–Crippen LogP) is 3.13. The third-order valence-corrected chi connectivity index (χ3v) is 5.64. The fraction of sp³-hybridized carbons (Fsp3) is 0.600. The summed E-state index contributed by atoms with van der Waals surface area (Å²) in [7, 11) is 0. The molecule has 7 heteroatoms. The first-order valence-corrected chi connectivity index (χ1v) is 10.2. The Morgan fingerprint density at radius 3 is 2.78 bits per heavy atom. The number of hydrogen-bond acceptors (Lipinski definition) is 5. The lowest BCUT2D eigenvalue weighted by Crippen LogP contribution is -2.49. The standard InChI is InChI=1S/C20H29N5O2/c1-2-9-21-20(26)27-18-14-15-7-8-17(22-19(15)23-18)25-12-10-24(11-13-25)16-5-3-4-6-16/h7-8,14,16H,2-6,9-13H2,1H3,(H,21,26)(H,22,23). The normalized spacial score (nSPS) is 18.9. The number of nitrogens with zero attached hydrogens (tertiary/aromatic N) is 3. The molecule has 0 unspecified atom stereocenters. The monoisotopic (exact) mass is 371 g/mol. The van der Waals surface area contributed by atoms with Crippen LogP contribution in [0.25, 0.3) is 11.0 Å². The van der Waals surface area contributed by atoms with Crippen molar-refractivity contribution in [2.45, 2.75) is 45.1 Å². The molecule has 0 aromatic carbocycles. The Balaban J connectivity index is 1.39. The van der Waals surface area contributed by atoms with E-state index in [1.165, 1.54) is 25.7 Å². The number of carbonyl (C=O) groups is 1. The predicted molar refractivity (Wildman–Crippen MR) is 106 cm³/mol. The fourth-order valence-corrected chi connectivity index (χ4v) is 4.15. The second-order valence-corrected chi connectivity index (χ2v) is 7.52. The number of aromatic nitrogens is 2.